The summed E-state index contributed by atoms with van der Waals surface area (Å²) in [6.45, 7) is 3.10. The van der Waals surface area contributed by atoms with E-state index in [9.17, 15) is 4.79 Å². The Labute approximate surface area is 136 Å². The second kappa shape index (κ2) is 7.97. The van der Waals surface area contributed by atoms with Gasteiger partial charge in [0.2, 0.25) is 5.91 Å². The molecule has 0 aliphatic heterocycles. The van der Waals surface area contributed by atoms with E-state index in [1.165, 1.54) is 0 Å². The summed E-state index contributed by atoms with van der Waals surface area (Å²) in [6.07, 6.45) is 0.294. The lowest BCUT2D eigenvalue weighted by Gasteiger charge is -2.23. The molecule has 1 unspecified atom stereocenters. The van der Waals surface area contributed by atoms with Crippen LogP contribution in [0.4, 0.5) is 0 Å². The molecule has 2 aromatic carbocycles. The van der Waals surface area contributed by atoms with Crippen molar-refractivity contribution in [2.45, 2.75) is 25.9 Å². The molecule has 0 fully saturated rings. The molecule has 0 radical (unpaired) electrons. The lowest BCUT2D eigenvalue weighted by atomic mass is 10.0. The highest BCUT2D eigenvalue weighted by atomic mass is 35.5. The van der Waals surface area contributed by atoms with Gasteiger partial charge in [0.15, 0.2) is 0 Å². The van der Waals surface area contributed by atoms with E-state index < -0.39 is 0 Å². The minimum Gasteiger partial charge on any atom is -0.339 e. The normalized spacial score (nSPS) is 12.0. The number of carbonyl (C=O) groups is 1. The van der Waals surface area contributed by atoms with Crippen molar-refractivity contribution < 1.29 is 4.79 Å². The lowest BCUT2D eigenvalue weighted by molar-refractivity contribution is -0.132. The van der Waals surface area contributed by atoms with E-state index in [-0.39, 0.29) is 11.9 Å². The summed E-state index contributed by atoms with van der Waals surface area (Å²) in [4.78, 5) is 14.3. The Hall–Kier alpha value is -1.84. The molecule has 2 N–H and O–H groups in total. The number of carbonyl (C=O) groups excluding carboxylic acids is 1. The van der Waals surface area contributed by atoms with Crippen LogP contribution in [-0.2, 0) is 11.3 Å². The van der Waals surface area contributed by atoms with Crippen LogP contribution < -0.4 is 5.73 Å². The van der Waals surface area contributed by atoms with Gasteiger partial charge in [-0.25, -0.2) is 0 Å². The van der Waals surface area contributed by atoms with E-state index in [2.05, 4.69) is 0 Å². The SMILES string of the molecule is CCN(Cc1ccccc1Cl)C(=O)CC(N)c1ccccc1. The Balaban J connectivity index is 2.02. The smallest absolute Gasteiger partial charge is 0.224 e. The highest BCUT2D eigenvalue weighted by Crippen LogP contribution is 2.19. The number of hydrogen-bond acceptors (Lipinski definition) is 2. The summed E-state index contributed by atoms with van der Waals surface area (Å²) in [7, 11) is 0. The molecule has 2 aromatic rings. The van der Waals surface area contributed by atoms with Gasteiger partial charge >= 0.3 is 0 Å². The summed E-state index contributed by atoms with van der Waals surface area (Å²) in [5, 5.41) is 0.682. The van der Waals surface area contributed by atoms with E-state index in [4.69, 9.17) is 17.3 Å². The molecule has 0 aromatic heterocycles. The number of nitrogens with two attached hydrogens (primary N) is 1. The molecular weight excluding hydrogens is 296 g/mol. The number of benzene rings is 2. The van der Waals surface area contributed by atoms with Crippen LogP contribution in [0.2, 0.25) is 5.02 Å². The number of halogens is 1. The van der Waals surface area contributed by atoms with Gasteiger partial charge in [0, 0.05) is 30.6 Å². The van der Waals surface area contributed by atoms with Gasteiger partial charge in [-0.15, -0.1) is 0 Å². The van der Waals surface area contributed by atoms with Gasteiger partial charge < -0.3 is 10.6 Å². The van der Waals surface area contributed by atoms with Crippen molar-refractivity contribution in [2.75, 3.05) is 6.54 Å². The molecule has 1 amide bonds. The third-order valence-electron chi connectivity index (χ3n) is 3.68. The number of amides is 1. The van der Waals surface area contributed by atoms with Gasteiger partial charge in [-0.3, -0.25) is 4.79 Å². The van der Waals surface area contributed by atoms with Crippen LogP contribution in [0.3, 0.4) is 0 Å². The minimum absolute atomic E-state index is 0.0405. The van der Waals surface area contributed by atoms with Crippen molar-refractivity contribution in [1.29, 1.82) is 0 Å². The molecule has 116 valence electrons. The minimum atomic E-state index is -0.283. The number of nitrogens with zero attached hydrogens (tertiary/aromatic N) is 1. The molecule has 0 heterocycles. The fourth-order valence-electron chi connectivity index (χ4n) is 2.34. The molecule has 22 heavy (non-hydrogen) atoms. The van der Waals surface area contributed by atoms with Crippen LogP contribution in [0.1, 0.15) is 30.5 Å². The van der Waals surface area contributed by atoms with E-state index in [1.807, 2.05) is 61.5 Å². The fraction of sp³-hybridized carbons (Fsp3) is 0.278. The quantitative estimate of drug-likeness (QED) is 0.881. The number of hydrogen-bond donors (Lipinski definition) is 1. The largest absolute Gasteiger partial charge is 0.339 e. The van der Waals surface area contributed by atoms with Gasteiger partial charge in [0.25, 0.3) is 0 Å². The topological polar surface area (TPSA) is 46.3 Å². The number of rotatable bonds is 6. The Bertz CT molecular complexity index is 615. The highest BCUT2D eigenvalue weighted by Gasteiger charge is 2.17. The Kier molecular flexibility index (Phi) is 5.99. The summed E-state index contributed by atoms with van der Waals surface area (Å²) < 4.78 is 0. The van der Waals surface area contributed by atoms with Crippen molar-refractivity contribution in [3.05, 3.63) is 70.7 Å². The zero-order valence-corrected chi connectivity index (χ0v) is 13.5. The van der Waals surface area contributed by atoms with Gasteiger partial charge in [0.1, 0.15) is 0 Å². The van der Waals surface area contributed by atoms with Gasteiger partial charge in [-0.1, -0.05) is 60.1 Å². The van der Waals surface area contributed by atoms with Crippen LogP contribution in [0, 0.1) is 0 Å². The first kappa shape index (κ1) is 16.5. The molecule has 0 bridgehead atoms. The molecule has 0 spiro atoms. The monoisotopic (exact) mass is 316 g/mol. The van der Waals surface area contributed by atoms with Crippen molar-refractivity contribution in [1.82, 2.24) is 4.90 Å². The Morgan fingerprint density at radius 3 is 2.41 bits per heavy atom. The summed E-state index contributed by atoms with van der Waals surface area (Å²) in [6, 6.07) is 17.0. The maximum Gasteiger partial charge on any atom is 0.224 e. The second-order valence-electron chi connectivity index (χ2n) is 5.22. The van der Waals surface area contributed by atoms with E-state index in [0.29, 0.717) is 24.5 Å². The van der Waals surface area contributed by atoms with Crippen molar-refractivity contribution in [3.8, 4) is 0 Å². The van der Waals surface area contributed by atoms with Crippen molar-refractivity contribution in [3.63, 3.8) is 0 Å². The predicted octanol–water partition coefficient (Wildman–Crippen LogP) is 3.78. The van der Waals surface area contributed by atoms with Gasteiger partial charge in [-0.2, -0.15) is 0 Å². The Morgan fingerprint density at radius 2 is 1.77 bits per heavy atom. The van der Waals surface area contributed by atoms with Crippen LogP contribution in [0.15, 0.2) is 54.6 Å². The van der Waals surface area contributed by atoms with Crippen LogP contribution in [-0.4, -0.2) is 17.4 Å². The zero-order chi connectivity index (χ0) is 15.9. The Morgan fingerprint density at radius 1 is 1.14 bits per heavy atom. The van der Waals surface area contributed by atoms with Crippen molar-refractivity contribution >= 4 is 17.5 Å². The summed E-state index contributed by atoms with van der Waals surface area (Å²) in [5.41, 5.74) is 8.07. The van der Waals surface area contributed by atoms with Crippen LogP contribution >= 0.6 is 11.6 Å². The summed E-state index contributed by atoms with van der Waals surface area (Å²) in [5.74, 6) is 0.0405. The van der Waals surface area contributed by atoms with Gasteiger partial charge in [-0.05, 0) is 24.1 Å². The zero-order valence-electron chi connectivity index (χ0n) is 12.7. The maximum atomic E-state index is 12.5. The molecule has 4 heteroatoms. The molecule has 3 nitrogen and oxygen atoms in total. The standard InChI is InChI=1S/C18H21ClN2O/c1-2-21(13-15-10-6-7-11-16(15)19)18(22)12-17(20)14-8-4-3-5-9-14/h3-11,17H,2,12-13,20H2,1H3. The van der Waals surface area contributed by atoms with Crippen molar-refractivity contribution in [2.24, 2.45) is 5.73 Å². The lowest BCUT2D eigenvalue weighted by Crippen LogP contribution is -2.32. The molecule has 0 aliphatic rings. The van der Waals surface area contributed by atoms with E-state index in [1.54, 1.807) is 4.90 Å². The molecule has 0 saturated carbocycles. The third kappa shape index (κ3) is 4.33. The maximum absolute atomic E-state index is 12.5. The average Bonchev–Trinajstić information content (AvgIpc) is 2.54. The van der Waals surface area contributed by atoms with E-state index in [0.717, 1.165) is 11.1 Å². The fourth-order valence-corrected chi connectivity index (χ4v) is 2.54. The predicted molar refractivity (Wildman–Crippen MR) is 90.5 cm³/mol. The molecule has 2 rings (SSSR count). The molecule has 0 aliphatic carbocycles. The first-order valence-corrected chi connectivity index (χ1v) is 7.81. The van der Waals surface area contributed by atoms with E-state index >= 15 is 0 Å². The third-order valence-corrected chi connectivity index (χ3v) is 4.04. The molecular formula is C18H21ClN2O. The molecule has 1 atom stereocenters. The second-order valence-corrected chi connectivity index (χ2v) is 5.63. The van der Waals surface area contributed by atoms with Crippen LogP contribution in [0.5, 0.6) is 0 Å². The van der Waals surface area contributed by atoms with Gasteiger partial charge in [0.05, 0.1) is 0 Å². The average molecular weight is 317 g/mol. The first-order chi connectivity index (χ1) is 10.6. The summed E-state index contributed by atoms with van der Waals surface area (Å²) >= 11 is 6.17. The first-order valence-electron chi connectivity index (χ1n) is 7.43. The van der Waals surface area contributed by atoms with Crippen LogP contribution in [0.25, 0.3) is 0 Å². The molecule has 0 saturated heterocycles. The highest BCUT2D eigenvalue weighted by molar-refractivity contribution is 6.31.